The van der Waals surface area contributed by atoms with Gasteiger partial charge in [-0.05, 0) is 23.3 Å². The maximum Gasteiger partial charge on any atom is 0.322 e. The highest BCUT2D eigenvalue weighted by molar-refractivity contribution is 6.22. The van der Waals surface area contributed by atoms with Crippen molar-refractivity contribution in [2.24, 2.45) is 16.2 Å². The van der Waals surface area contributed by atoms with Gasteiger partial charge in [-0.25, -0.2) is 4.90 Å². The second-order valence-electron chi connectivity index (χ2n) is 10.4. The molecule has 0 saturated heterocycles. The molecule has 160 valence electrons. The molecule has 1 aliphatic heterocycles. The summed E-state index contributed by atoms with van der Waals surface area (Å²) in [5, 5.41) is 1.23. The molecular weight excluding hydrogens is 368 g/mol. The van der Waals surface area contributed by atoms with Crippen molar-refractivity contribution in [3.05, 3.63) is 29.8 Å². The first kappa shape index (κ1) is 23.1. The zero-order valence-electron chi connectivity index (χ0n) is 19.1. The van der Waals surface area contributed by atoms with Crippen molar-refractivity contribution in [3.63, 3.8) is 0 Å². The number of para-hydroxylation sites is 1. The molecular formula is C23H34N2O4. The zero-order valence-corrected chi connectivity index (χ0v) is 19.1. The molecule has 29 heavy (non-hydrogen) atoms. The van der Waals surface area contributed by atoms with Crippen molar-refractivity contribution in [2.75, 3.05) is 11.9 Å². The minimum atomic E-state index is -0.849. The van der Waals surface area contributed by atoms with E-state index in [2.05, 4.69) is 20.8 Å². The number of fused-ring (bicyclic) bond motifs is 1. The molecule has 0 N–H and O–H groups in total. The van der Waals surface area contributed by atoms with Crippen LogP contribution >= 0.6 is 0 Å². The van der Waals surface area contributed by atoms with E-state index >= 15 is 0 Å². The maximum absolute atomic E-state index is 13.9. The van der Waals surface area contributed by atoms with E-state index < -0.39 is 23.3 Å². The first-order valence-corrected chi connectivity index (χ1v) is 9.99. The number of carbonyl (C=O) groups excluding carboxylic acids is 3. The first-order chi connectivity index (χ1) is 13.1. The van der Waals surface area contributed by atoms with Gasteiger partial charge < -0.3 is 4.84 Å². The van der Waals surface area contributed by atoms with Gasteiger partial charge in [0.2, 0.25) is 5.91 Å². The molecule has 6 nitrogen and oxygen atoms in total. The summed E-state index contributed by atoms with van der Waals surface area (Å²) in [6.45, 7) is 15.6. The van der Waals surface area contributed by atoms with E-state index in [1.807, 2.05) is 33.8 Å². The lowest BCUT2D eigenvalue weighted by atomic mass is 9.60. The Hall–Kier alpha value is -2.21. The number of imide groups is 1. The fourth-order valence-corrected chi connectivity index (χ4v) is 4.08. The largest absolute Gasteiger partial charge is 0.367 e. The molecule has 6 heteroatoms. The van der Waals surface area contributed by atoms with Crippen LogP contribution in [0.5, 0.6) is 0 Å². The summed E-state index contributed by atoms with van der Waals surface area (Å²) >= 11 is 0. The summed E-state index contributed by atoms with van der Waals surface area (Å²) in [7, 11) is 1.53. The molecule has 0 radical (unpaired) electrons. The van der Waals surface area contributed by atoms with Crippen LogP contribution in [0.25, 0.3) is 0 Å². The topological polar surface area (TPSA) is 66.9 Å². The van der Waals surface area contributed by atoms with E-state index in [1.165, 1.54) is 23.9 Å². The van der Waals surface area contributed by atoms with Gasteiger partial charge in [0.25, 0.3) is 5.91 Å². The number of rotatable bonds is 4. The van der Waals surface area contributed by atoms with Gasteiger partial charge in [0.05, 0.1) is 11.1 Å². The van der Waals surface area contributed by atoms with Crippen LogP contribution in [0.4, 0.5) is 5.69 Å². The van der Waals surface area contributed by atoms with Crippen LogP contribution in [0.15, 0.2) is 24.3 Å². The number of anilines is 1. The van der Waals surface area contributed by atoms with Crippen LogP contribution < -0.4 is 4.90 Å². The molecule has 2 unspecified atom stereocenters. The van der Waals surface area contributed by atoms with Crippen LogP contribution in [0.2, 0.25) is 0 Å². The number of amides is 2. The third-order valence-corrected chi connectivity index (χ3v) is 5.78. The van der Waals surface area contributed by atoms with Crippen molar-refractivity contribution in [2.45, 2.75) is 67.9 Å². The summed E-state index contributed by atoms with van der Waals surface area (Å²) < 4.78 is 0. The van der Waals surface area contributed by atoms with E-state index in [0.717, 1.165) is 0 Å². The van der Waals surface area contributed by atoms with Crippen molar-refractivity contribution >= 4 is 23.5 Å². The molecule has 0 aliphatic carbocycles. The minimum absolute atomic E-state index is 0.103. The number of nitrogens with zero attached hydrogens (tertiary/aromatic N) is 2. The average molecular weight is 403 g/mol. The smallest absolute Gasteiger partial charge is 0.322 e. The highest BCUT2D eigenvalue weighted by atomic mass is 16.7. The molecule has 0 fully saturated rings. The highest BCUT2D eigenvalue weighted by Gasteiger charge is 2.53. The van der Waals surface area contributed by atoms with Crippen molar-refractivity contribution in [3.8, 4) is 0 Å². The second-order valence-corrected chi connectivity index (χ2v) is 10.4. The monoisotopic (exact) mass is 402 g/mol. The number of carbonyl (C=O) groups is 3. The van der Waals surface area contributed by atoms with Crippen molar-refractivity contribution in [1.29, 1.82) is 0 Å². The fourth-order valence-electron chi connectivity index (χ4n) is 4.08. The average Bonchev–Trinajstić information content (AvgIpc) is 2.82. The number of hydrogen-bond donors (Lipinski definition) is 0. The van der Waals surface area contributed by atoms with Gasteiger partial charge in [-0.1, -0.05) is 66.7 Å². The van der Waals surface area contributed by atoms with Gasteiger partial charge in [0.1, 0.15) is 0 Å². The third-order valence-electron chi connectivity index (χ3n) is 5.78. The third kappa shape index (κ3) is 4.37. The Morgan fingerprint density at radius 3 is 2.10 bits per heavy atom. The molecule has 0 saturated carbocycles. The van der Waals surface area contributed by atoms with Crippen molar-refractivity contribution in [1.82, 2.24) is 5.06 Å². The lowest BCUT2D eigenvalue weighted by molar-refractivity contribution is -0.192. The SMILES string of the molecule is CC(=O)ON(C)C1C(=O)N(C(=O)C(C)(CC(C)(C)C)C(C)(C)C)c2ccccc21. The molecule has 1 aromatic carbocycles. The Labute approximate surface area is 174 Å². The summed E-state index contributed by atoms with van der Waals surface area (Å²) in [6, 6.07) is 6.33. The highest BCUT2D eigenvalue weighted by Crippen LogP contribution is 2.50. The number of hydroxylamine groups is 2. The Morgan fingerprint density at radius 1 is 1.07 bits per heavy atom. The minimum Gasteiger partial charge on any atom is -0.367 e. The van der Waals surface area contributed by atoms with Gasteiger partial charge in [-0.15, -0.1) is 5.06 Å². The van der Waals surface area contributed by atoms with Crippen LogP contribution in [-0.4, -0.2) is 29.9 Å². The molecule has 1 aromatic rings. The van der Waals surface area contributed by atoms with Crippen LogP contribution in [0.1, 0.15) is 73.4 Å². The summed E-state index contributed by atoms with van der Waals surface area (Å²) in [4.78, 5) is 45.3. The Morgan fingerprint density at radius 2 is 1.62 bits per heavy atom. The summed E-state index contributed by atoms with van der Waals surface area (Å²) in [5.74, 6) is -1.14. The maximum atomic E-state index is 13.9. The van der Waals surface area contributed by atoms with Crippen LogP contribution in [0, 0.1) is 16.2 Å². The zero-order chi connectivity index (χ0) is 22.4. The van der Waals surface area contributed by atoms with E-state index in [1.54, 1.807) is 18.2 Å². The van der Waals surface area contributed by atoms with E-state index in [9.17, 15) is 14.4 Å². The van der Waals surface area contributed by atoms with Crippen molar-refractivity contribution < 1.29 is 19.2 Å². The molecule has 0 bridgehead atoms. The number of hydrogen-bond acceptors (Lipinski definition) is 5. The summed E-state index contributed by atoms with van der Waals surface area (Å²) in [5.41, 5.74) is -0.0407. The van der Waals surface area contributed by atoms with E-state index in [-0.39, 0.29) is 16.7 Å². The molecule has 0 spiro atoms. The Bertz CT molecular complexity index is 819. The number of benzene rings is 1. The van der Waals surface area contributed by atoms with Gasteiger partial charge >= 0.3 is 5.97 Å². The van der Waals surface area contributed by atoms with E-state index in [4.69, 9.17) is 4.84 Å². The van der Waals surface area contributed by atoms with Crippen LogP contribution in [0.3, 0.4) is 0 Å². The molecule has 1 heterocycles. The second kappa shape index (κ2) is 7.56. The van der Waals surface area contributed by atoms with Gasteiger partial charge in [0, 0.05) is 19.5 Å². The number of likely N-dealkylation sites (N-methyl/N-ethyl adjacent to an activating group) is 1. The van der Waals surface area contributed by atoms with Gasteiger partial charge in [-0.3, -0.25) is 14.4 Å². The van der Waals surface area contributed by atoms with Crippen LogP contribution in [-0.2, 0) is 19.2 Å². The first-order valence-electron chi connectivity index (χ1n) is 9.99. The molecule has 1 aliphatic rings. The molecule has 2 rings (SSSR count). The van der Waals surface area contributed by atoms with Gasteiger partial charge in [-0.2, -0.15) is 0 Å². The summed E-state index contributed by atoms with van der Waals surface area (Å²) in [6.07, 6.45) is 0.624. The predicted octanol–water partition coefficient (Wildman–Crippen LogP) is 4.50. The quantitative estimate of drug-likeness (QED) is 0.694. The standard InChI is InChI=1S/C23H34N2O4/c1-15(26)29-24(9)18-16-12-10-11-13-17(16)25(19(18)27)20(28)23(8,22(5,6)7)14-21(2,3)4/h10-13,18H,14H2,1-9H3. The Kier molecular flexibility index (Phi) is 6.01. The predicted molar refractivity (Wildman–Crippen MR) is 113 cm³/mol. The lowest BCUT2D eigenvalue weighted by Crippen LogP contribution is -2.53. The Balaban J connectivity index is 2.56. The molecule has 0 aromatic heterocycles. The normalized spacial score (nSPS) is 19.2. The van der Waals surface area contributed by atoms with E-state index in [0.29, 0.717) is 17.7 Å². The molecule has 2 amide bonds. The molecule has 2 atom stereocenters. The van der Waals surface area contributed by atoms with Gasteiger partial charge in [0.15, 0.2) is 6.04 Å². The fraction of sp³-hybridized carbons (Fsp3) is 0.609. The lowest BCUT2D eigenvalue weighted by Gasteiger charge is -2.45.